The molecule has 2 aromatic carbocycles. The predicted molar refractivity (Wildman–Crippen MR) is 103 cm³/mol. The van der Waals surface area contributed by atoms with E-state index in [0.29, 0.717) is 26.2 Å². The summed E-state index contributed by atoms with van der Waals surface area (Å²) in [5, 5.41) is 0.133. The molecule has 0 aromatic heterocycles. The van der Waals surface area contributed by atoms with Crippen molar-refractivity contribution in [2.24, 2.45) is 0 Å². The fourth-order valence-corrected chi connectivity index (χ4v) is 5.37. The summed E-state index contributed by atoms with van der Waals surface area (Å²) in [5.41, 5.74) is -0.259. The quantitative estimate of drug-likeness (QED) is 0.759. The zero-order valence-corrected chi connectivity index (χ0v) is 17.0. The fraction of sp³-hybridized carbons (Fsp3) is 0.294. The summed E-state index contributed by atoms with van der Waals surface area (Å²) in [5.74, 6) is -0.821. The number of hydrogen-bond acceptors (Lipinski definition) is 5. The van der Waals surface area contributed by atoms with Gasteiger partial charge in [-0.25, -0.2) is 21.2 Å². The Bertz CT molecular complexity index is 1050. The Morgan fingerprint density at radius 1 is 0.964 bits per heavy atom. The lowest BCUT2D eigenvalue weighted by Crippen LogP contribution is -2.33. The molecule has 0 unspecified atom stereocenters. The van der Waals surface area contributed by atoms with Crippen LogP contribution in [0.15, 0.2) is 52.3 Å². The smallest absolute Gasteiger partial charge is 0.261 e. The van der Waals surface area contributed by atoms with Crippen molar-refractivity contribution < 1.29 is 26.0 Å². The maximum Gasteiger partial charge on any atom is 0.261 e. The van der Waals surface area contributed by atoms with Crippen LogP contribution in [0.5, 0.6) is 0 Å². The maximum atomic E-state index is 13.8. The van der Waals surface area contributed by atoms with Gasteiger partial charge in [0.1, 0.15) is 5.82 Å². The summed E-state index contributed by atoms with van der Waals surface area (Å²) in [7, 11) is -7.86. The Kier molecular flexibility index (Phi) is 6.25. The normalized spacial score (nSPS) is 16.5. The van der Waals surface area contributed by atoms with Crippen molar-refractivity contribution in [2.75, 3.05) is 31.0 Å². The molecular weight excluding hydrogens is 431 g/mol. The van der Waals surface area contributed by atoms with Crippen molar-refractivity contribution in [1.29, 1.82) is 0 Å². The number of rotatable bonds is 5. The highest BCUT2D eigenvalue weighted by molar-refractivity contribution is 7.92. The number of benzene rings is 2. The van der Waals surface area contributed by atoms with Gasteiger partial charge in [0.2, 0.25) is 10.0 Å². The first-order valence-electron chi connectivity index (χ1n) is 8.36. The fourth-order valence-electron chi connectivity index (χ4n) is 2.68. The molecular formula is C17H18ClFN2O5S2. The van der Waals surface area contributed by atoms with Crippen LogP contribution in [0.2, 0.25) is 5.02 Å². The van der Waals surface area contributed by atoms with Gasteiger partial charge in [0.15, 0.2) is 0 Å². The zero-order valence-electron chi connectivity index (χ0n) is 14.6. The molecule has 0 radical (unpaired) electrons. The molecule has 28 heavy (non-hydrogen) atoms. The molecule has 1 aliphatic heterocycles. The average Bonchev–Trinajstić information content (AvgIpc) is 2.94. The van der Waals surface area contributed by atoms with Gasteiger partial charge < -0.3 is 4.74 Å². The van der Waals surface area contributed by atoms with E-state index >= 15 is 0 Å². The van der Waals surface area contributed by atoms with Gasteiger partial charge in [-0.05, 0) is 48.9 Å². The standard InChI is InChI=1S/C17H18ClFN2O5S2/c18-13-2-7-17(16(19)12-13)20-27(22,23)14-3-5-15(6-4-14)28(24,25)21-8-1-10-26-11-9-21/h2-7,12,20H,1,8-11H2. The molecule has 1 heterocycles. The first-order chi connectivity index (χ1) is 13.2. The number of hydrogen-bond donors (Lipinski definition) is 1. The lowest BCUT2D eigenvalue weighted by Gasteiger charge is -2.19. The molecule has 1 aliphatic rings. The van der Waals surface area contributed by atoms with Gasteiger partial charge in [0.25, 0.3) is 10.0 Å². The summed E-state index contributed by atoms with van der Waals surface area (Å²) in [6, 6.07) is 8.30. The van der Waals surface area contributed by atoms with E-state index in [1.165, 1.54) is 28.6 Å². The van der Waals surface area contributed by atoms with Gasteiger partial charge in [-0.1, -0.05) is 11.6 Å². The van der Waals surface area contributed by atoms with E-state index in [2.05, 4.69) is 4.72 Å². The number of nitrogens with zero attached hydrogens (tertiary/aromatic N) is 1. The highest BCUT2D eigenvalue weighted by Crippen LogP contribution is 2.24. The minimum absolute atomic E-state index is 0.0222. The van der Waals surface area contributed by atoms with Crippen molar-refractivity contribution in [2.45, 2.75) is 16.2 Å². The number of sulfonamides is 2. The largest absolute Gasteiger partial charge is 0.380 e. The van der Waals surface area contributed by atoms with Crippen LogP contribution < -0.4 is 4.72 Å². The van der Waals surface area contributed by atoms with Crippen LogP contribution in [0.1, 0.15) is 6.42 Å². The Balaban J connectivity index is 1.82. The van der Waals surface area contributed by atoms with Gasteiger partial charge in [0.05, 0.1) is 22.1 Å². The monoisotopic (exact) mass is 448 g/mol. The minimum Gasteiger partial charge on any atom is -0.380 e. The molecule has 0 atom stereocenters. The first-order valence-corrected chi connectivity index (χ1v) is 11.7. The topological polar surface area (TPSA) is 92.8 Å². The molecule has 0 amide bonds. The van der Waals surface area contributed by atoms with E-state index < -0.39 is 25.9 Å². The molecule has 2 aromatic rings. The third-order valence-corrected chi connectivity index (χ3v) is 7.66. The van der Waals surface area contributed by atoms with Crippen LogP contribution in [0.25, 0.3) is 0 Å². The molecule has 11 heteroatoms. The Morgan fingerprint density at radius 3 is 2.32 bits per heavy atom. The zero-order chi connectivity index (χ0) is 20.4. The second-order valence-corrected chi connectivity index (χ2v) is 10.1. The molecule has 152 valence electrons. The van der Waals surface area contributed by atoms with E-state index in [9.17, 15) is 21.2 Å². The molecule has 1 saturated heterocycles. The van der Waals surface area contributed by atoms with Gasteiger partial charge in [-0.2, -0.15) is 4.31 Å². The van der Waals surface area contributed by atoms with Crippen LogP contribution in [0, 0.1) is 5.82 Å². The lowest BCUT2D eigenvalue weighted by atomic mass is 10.3. The summed E-state index contributed by atoms with van der Waals surface area (Å²) < 4.78 is 72.9. The second kappa shape index (κ2) is 8.34. The molecule has 1 fully saturated rings. The number of ether oxygens (including phenoxy) is 1. The predicted octanol–water partition coefficient (Wildman–Crippen LogP) is 2.69. The minimum atomic E-state index is -4.10. The molecule has 7 nitrogen and oxygen atoms in total. The number of anilines is 1. The van der Waals surface area contributed by atoms with Crippen LogP contribution in [-0.2, 0) is 24.8 Å². The number of halogens is 2. The van der Waals surface area contributed by atoms with Crippen molar-refractivity contribution >= 4 is 37.3 Å². The maximum absolute atomic E-state index is 13.8. The summed E-state index contributed by atoms with van der Waals surface area (Å²) >= 11 is 5.65. The Hall–Kier alpha value is -1.72. The molecule has 3 rings (SSSR count). The Labute approximate surface area is 168 Å². The van der Waals surface area contributed by atoms with Crippen LogP contribution >= 0.6 is 11.6 Å². The average molecular weight is 449 g/mol. The number of nitrogens with one attached hydrogen (secondary N) is 1. The van der Waals surface area contributed by atoms with Crippen molar-refractivity contribution in [3.63, 3.8) is 0 Å². The SMILES string of the molecule is O=S(=O)(Nc1ccc(Cl)cc1F)c1ccc(S(=O)(=O)N2CCCOCC2)cc1. The van der Waals surface area contributed by atoms with Gasteiger partial charge in [-0.15, -0.1) is 0 Å². The van der Waals surface area contributed by atoms with Crippen molar-refractivity contribution in [1.82, 2.24) is 4.31 Å². The third kappa shape index (κ3) is 4.64. The molecule has 1 N–H and O–H groups in total. The summed E-state index contributed by atoms with van der Waals surface area (Å²) in [6.07, 6.45) is 0.586. The Morgan fingerprint density at radius 2 is 1.64 bits per heavy atom. The van der Waals surface area contributed by atoms with Crippen LogP contribution in [0.3, 0.4) is 0 Å². The van der Waals surface area contributed by atoms with Gasteiger partial charge >= 0.3 is 0 Å². The molecule has 0 aliphatic carbocycles. The third-order valence-electron chi connectivity index (χ3n) is 4.13. The van der Waals surface area contributed by atoms with E-state index in [1.807, 2.05) is 0 Å². The van der Waals surface area contributed by atoms with Crippen LogP contribution in [0.4, 0.5) is 10.1 Å². The van der Waals surface area contributed by atoms with Crippen LogP contribution in [-0.4, -0.2) is 47.4 Å². The van der Waals surface area contributed by atoms with E-state index in [4.69, 9.17) is 16.3 Å². The molecule has 0 bridgehead atoms. The molecule has 0 spiro atoms. The van der Waals surface area contributed by atoms with Gasteiger partial charge in [0, 0.05) is 24.7 Å². The lowest BCUT2D eigenvalue weighted by molar-refractivity contribution is 0.148. The van der Waals surface area contributed by atoms with E-state index in [1.54, 1.807) is 0 Å². The van der Waals surface area contributed by atoms with Gasteiger partial charge in [-0.3, -0.25) is 4.72 Å². The van der Waals surface area contributed by atoms with E-state index in [0.717, 1.165) is 18.2 Å². The van der Waals surface area contributed by atoms with Crippen molar-refractivity contribution in [3.05, 3.63) is 53.3 Å². The summed E-state index contributed by atoms with van der Waals surface area (Å²) in [6.45, 7) is 1.37. The highest BCUT2D eigenvalue weighted by Gasteiger charge is 2.26. The first kappa shape index (κ1) is 21.0. The highest BCUT2D eigenvalue weighted by atomic mass is 35.5. The summed E-state index contributed by atoms with van der Waals surface area (Å²) in [4.78, 5) is -0.217. The second-order valence-electron chi connectivity index (χ2n) is 6.07. The molecule has 0 saturated carbocycles. The van der Waals surface area contributed by atoms with E-state index in [-0.39, 0.29) is 27.0 Å². The van der Waals surface area contributed by atoms with Crippen molar-refractivity contribution in [3.8, 4) is 0 Å².